The summed E-state index contributed by atoms with van der Waals surface area (Å²) in [6, 6.07) is 11.9. The third-order valence-corrected chi connectivity index (χ3v) is 8.60. The van der Waals surface area contributed by atoms with Crippen LogP contribution in [0.4, 0.5) is 5.69 Å². The van der Waals surface area contributed by atoms with Crippen LogP contribution >= 0.6 is 0 Å². The summed E-state index contributed by atoms with van der Waals surface area (Å²) in [7, 11) is -4.27. The molecule has 0 atom stereocenters. The van der Waals surface area contributed by atoms with Gasteiger partial charge in [-0.2, -0.15) is 8.42 Å². The molecular formula is C32H36N4O12S. The molecular weight excluding hydrogens is 664 g/mol. The topological polar surface area (TPSA) is 208 Å². The molecule has 2 N–H and O–H groups in total. The van der Waals surface area contributed by atoms with Gasteiger partial charge in [-0.25, -0.2) is 9.59 Å². The number of anilines is 1. The van der Waals surface area contributed by atoms with Gasteiger partial charge in [0.15, 0.2) is 0 Å². The largest absolute Gasteiger partial charge is 0.422 e. The van der Waals surface area contributed by atoms with Crippen molar-refractivity contribution in [2.24, 2.45) is 0 Å². The molecule has 1 saturated heterocycles. The number of carbonyl (C=O) groups is 5. The first-order chi connectivity index (χ1) is 23.4. The summed E-state index contributed by atoms with van der Waals surface area (Å²) >= 11 is 0. The Morgan fingerprint density at radius 2 is 1.59 bits per heavy atom. The second kappa shape index (κ2) is 16.8. The molecule has 0 bridgehead atoms. The first-order valence-corrected chi connectivity index (χ1v) is 16.9. The number of amides is 4. The van der Waals surface area contributed by atoms with E-state index in [2.05, 4.69) is 15.5 Å². The molecule has 2 aromatic carbocycles. The van der Waals surface area contributed by atoms with Gasteiger partial charge in [-0.05, 0) is 50.2 Å². The lowest BCUT2D eigenvalue weighted by Gasteiger charge is -2.21. The Bertz CT molecular complexity index is 1870. The zero-order chi connectivity index (χ0) is 35.6. The van der Waals surface area contributed by atoms with Crippen LogP contribution in [0, 0.1) is 0 Å². The molecule has 0 saturated carbocycles. The highest BCUT2D eigenvalue weighted by Gasteiger charge is 2.32. The van der Waals surface area contributed by atoms with Crippen LogP contribution in [-0.4, -0.2) is 89.1 Å². The Balaban J connectivity index is 1.17. The van der Waals surface area contributed by atoms with Crippen LogP contribution in [0.15, 0.2) is 62.6 Å². The Morgan fingerprint density at radius 1 is 0.878 bits per heavy atom. The first-order valence-electron chi connectivity index (χ1n) is 15.5. The minimum atomic E-state index is -4.27. The van der Waals surface area contributed by atoms with Gasteiger partial charge >= 0.3 is 11.6 Å². The predicted molar refractivity (Wildman–Crippen MR) is 173 cm³/mol. The number of fused-ring (bicyclic) bond motifs is 1. The van der Waals surface area contributed by atoms with Crippen molar-refractivity contribution in [2.75, 3.05) is 50.9 Å². The number of hydrogen-bond acceptors (Lipinski definition) is 13. The number of hydrogen-bond donors (Lipinski definition) is 2. The second-order valence-electron chi connectivity index (χ2n) is 10.6. The van der Waals surface area contributed by atoms with Crippen LogP contribution in [0.25, 0.3) is 11.0 Å². The van der Waals surface area contributed by atoms with Gasteiger partial charge < -0.3 is 29.5 Å². The van der Waals surface area contributed by atoms with E-state index in [4.69, 9.17) is 18.2 Å². The van der Waals surface area contributed by atoms with Gasteiger partial charge in [-0.15, -0.1) is 5.06 Å². The molecule has 1 aromatic heterocycles. The SMILES string of the molecule is CCN(CC)c1ccc2cc(C(=O)NCCOCCOS(=O)(=O)c3cccc(C(=O)NCCC(=O)ON4C(=O)CCC4=O)c3)c(=O)oc2c1. The molecule has 4 rings (SSSR count). The van der Waals surface area contributed by atoms with Gasteiger partial charge in [-0.3, -0.25) is 23.4 Å². The number of ether oxygens (including phenoxy) is 1. The van der Waals surface area contributed by atoms with E-state index < -0.39 is 45.3 Å². The Morgan fingerprint density at radius 3 is 2.31 bits per heavy atom. The summed E-state index contributed by atoms with van der Waals surface area (Å²) in [6.45, 7) is 4.91. The van der Waals surface area contributed by atoms with Gasteiger partial charge in [-0.1, -0.05) is 6.07 Å². The minimum absolute atomic E-state index is 0.00482. The van der Waals surface area contributed by atoms with Crippen LogP contribution in [0.3, 0.4) is 0 Å². The zero-order valence-electron chi connectivity index (χ0n) is 26.9. The maximum atomic E-state index is 12.6. The highest BCUT2D eigenvalue weighted by molar-refractivity contribution is 7.86. The van der Waals surface area contributed by atoms with Crippen molar-refractivity contribution >= 4 is 56.4 Å². The number of nitrogens with zero attached hydrogens (tertiary/aromatic N) is 2. The van der Waals surface area contributed by atoms with Crippen LogP contribution in [-0.2, 0) is 38.3 Å². The highest BCUT2D eigenvalue weighted by Crippen LogP contribution is 2.22. The van der Waals surface area contributed by atoms with Crippen LogP contribution < -0.4 is 21.2 Å². The number of imide groups is 1. The number of carbonyl (C=O) groups excluding carboxylic acids is 5. The van der Waals surface area contributed by atoms with Crippen LogP contribution in [0.5, 0.6) is 0 Å². The van der Waals surface area contributed by atoms with Crippen molar-refractivity contribution in [3.05, 3.63) is 70.1 Å². The number of nitrogens with one attached hydrogen (secondary N) is 2. The molecule has 0 aliphatic carbocycles. The molecule has 0 radical (unpaired) electrons. The third kappa shape index (κ3) is 9.71. The van der Waals surface area contributed by atoms with Gasteiger partial charge in [0.25, 0.3) is 33.7 Å². The molecule has 49 heavy (non-hydrogen) atoms. The molecule has 4 amide bonds. The maximum Gasteiger partial charge on any atom is 0.349 e. The average Bonchev–Trinajstić information content (AvgIpc) is 3.40. The molecule has 1 fully saturated rings. The average molecular weight is 701 g/mol. The van der Waals surface area contributed by atoms with E-state index in [0.717, 1.165) is 24.8 Å². The van der Waals surface area contributed by atoms with Crippen molar-refractivity contribution in [1.29, 1.82) is 0 Å². The molecule has 1 aliphatic heterocycles. The summed E-state index contributed by atoms with van der Waals surface area (Å²) in [5.41, 5.74) is 0.296. The van der Waals surface area contributed by atoms with Crippen molar-refractivity contribution in [2.45, 2.75) is 38.0 Å². The lowest BCUT2D eigenvalue weighted by molar-refractivity contribution is -0.197. The number of benzene rings is 2. The summed E-state index contributed by atoms with van der Waals surface area (Å²) < 4.78 is 41.0. The Labute approximate surface area is 281 Å². The van der Waals surface area contributed by atoms with E-state index in [0.29, 0.717) is 16.0 Å². The van der Waals surface area contributed by atoms with Gasteiger partial charge in [0.1, 0.15) is 11.1 Å². The first kappa shape index (κ1) is 36.7. The summed E-state index contributed by atoms with van der Waals surface area (Å²) in [6.07, 6.45) is -0.440. The van der Waals surface area contributed by atoms with Gasteiger partial charge in [0, 0.05) is 61.7 Å². The monoisotopic (exact) mass is 700 g/mol. The smallest absolute Gasteiger partial charge is 0.349 e. The lowest BCUT2D eigenvalue weighted by Crippen LogP contribution is -2.33. The van der Waals surface area contributed by atoms with E-state index in [1.165, 1.54) is 24.3 Å². The molecule has 2 heterocycles. The highest BCUT2D eigenvalue weighted by atomic mass is 32.2. The van der Waals surface area contributed by atoms with E-state index in [-0.39, 0.29) is 68.2 Å². The third-order valence-electron chi connectivity index (χ3n) is 7.29. The molecule has 1 aliphatic rings. The van der Waals surface area contributed by atoms with Gasteiger partial charge in [0.2, 0.25) is 0 Å². The fraction of sp³-hybridized carbons (Fsp3) is 0.375. The normalized spacial score (nSPS) is 13.1. The van der Waals surface area contributed by atoms with Crippen LogP contribution in [0.2, 0.25) is 0 Å². The lowest BCUT2D eigenvalue weighted by atomic mass is 10.1. The summed E-state index contributed by atoms with van der Waals surface area (Å²) in [5, 5.41) is 5.98. The molecule has 16 nitrogen and oxygen atoms in total. The van der Waals surface area contributed by atoms with Crippen molar-refractivity contribution < 1.29 is 50.6 Å². The molecule has 0 spiro atoms. The van der Waals surface area contributed by atoms with Gasteiger partial charge in [0.05, 0.1) is 31.1 Å². The molecule has 0 unspecified atom stereocenters. The summed E-state index contributed by atoms with van der Waals surface area (Å²) in [4.78, 5) is 79.0. The fourth-order valence-electron chi connectivity index (χ4n) is 4.73. The van der Waals surface area contributed by atoms with Crippen molar-refractivity contribution in [3.8, 4) is 0 Å². The van der Waals surface area contributed by atoms with Crippen molar-refractivity contribution in [1.82, 2.24) is 15.7 Å². The van der Waals surface area contributed by atoms with E-state index in [1.54, 1.807) is 12.1 Å². The Kier molecular flexibility index (Phi) is 12.6. The van der Waals surface area contributed by atoms with E-state index in [9.17, 15) is 37.2 Å². The molecule has 17 heteroatoms. The van der Waals surface area contributed by atoms with E-state index in [1.807, 2.05) is 19.9 Å². The number of hydroxylamine groups is 2. The maximum absolute atomic E-state index is 12.6. The van der Waals surface area contributed by atoms with Crippen LogP contribution in [0.1, 0.15) is 53.8 Å². The number of rotatable bonds is 17. The van der Waals surface area contributed by atoms with Crippen molar-refractivity contribution in [3.63, 3.8) is 0 Å². The minimum Gasteiger partial charge on any atom is -0.422 e. The standard InChI is InChI=1S/C32H36N4O12S/c1-3-35(4-2)23-9-8-21-19-25(32(42)47-26(21)20-23)31(41)34-14-15-45-16-17-46-49(43,44)24-7-5-6-22(18-24)30(40)33-13-12-29(39)48-36-27(37)10-11-28(36)38/h5-9,18-20H,3-4,10-17H2,1-2H3,(H,33,40)(H,34,41). The second-order valence-corrected chi connectivity index (χ2v) is 12.2. The summed E-state index contributed by atoms with van der Waals surface area (Å²) in [5.74, 6) is -3.49. The fourth-order valence-corrected chi connectivity index (χ4v) is 5.67. The predicted octanol–water partition coefficient (Wildman–Crippen LogP) is 1.52. The zero-order valence-corrected chi connectivity index (χ0v) is 27.7. The quantitative estimate of drug-likeness (QED) is 0.0887. The molecule has 262 valence electrons. The molecule has 3 aromatic rings. The Hall–Kier alpha value is -5.13. The van der Waals surface area contributed by atoms with E-state index >= 15 is 0 Å².